The van der Waals surface area contributed by atoms with Gasteiger partial charge < -0.3 is 9.80 Å². The highest BCUT2D eigenvalue weighted by atomic mass is 19.2. The molecule has 5 heteroatoms. The molecule has 1 aromatic carbocycles. The highest BCUT2D eigenvalue weighted by Gasteiger charge is 2.28. The molecule has 0 N–H and O–H groups in total. The number of halogens is 2. The van der Waals surface area contributed by atoms with Crippen molar-refractivity contribution >= 4 is 5.69 Å². The van der Waals surface area contributed by atoms with Gasteiger partial charge in [0.05, 0.1) is 5.69 Å². The van der Waals surface area contributed by atoms with E-state index in [9.17, 15) is 8.78 Å². The summed E-state index contributed by atoms with van der Waals surface area (Å²) in [6, 6.07) is 3.97. The molecule has 122 valence electrons. The largest absolute Gasteiger partial charge is 0.369 e. The van der Waals surface area contributed by atoms with Crippen LogP contribution in [0.3, 0.4) is 0 Å². The highest BCUT2D eigenvalue weighted by molar-refractivity contribution is 5.50. The van der Waals surface area contributed by atoms with Gasteiger partial charge in [-0.25, -0.2) is 8.78 Å². The van der Waals surface area contributed by atoms with E-state index in [1.54, 1.807) is 19.1 Å². The van der Waals surface area contributed by atoms with Crippen molar-refractivity contribution in [2.75, 3.05) is 51.2 Å². The molecule has 3 rings (SSSR count). The lowest BCUT2D eigenvalue weighted by Crippen LogP contribution is -2.52. The van der Waals surface area contributed by atoms with Crippen LogP contribution in [0.4, 0.5) is 14.5 Å². The lowest BCUT2D eigenvalue weighted by molar-refractivity contribution is 0.0981. The molecule has 0 unspecified atom stereocenters. The Kier molecular flexibility index (Phi) is 4.64. The van der Waals surface area contributed by atoms with E-state index in [0.29, 0.717) is 17.3 Å². The van der Waals surface area contributed by atoms with Gasteiger partial charge in [-0.15, -0.1) is 0 Å². The summed E-state index contributed by atoms with van der Waals surface area (Å²) in [4.78, 5) is 6.91. The van der Waals surface area contributed by atoms with Crippen molar-refractivity contribution in [3.63, 3.8) is 0 Å². The Labute approximate surface area is 131 Å². The van der Waals surface area contributed by atoms with E-state index in [-0.39, 0.29) is 0 Å². The van der Waals surface area contributed by atoms with Crippen LogP contribution in [0, 0.1) is 18.6 Å². The molecule has 0 aromatic heterocycles. The number of likely N-dealkylation sites (N-methyl/N-ethyl adjacent to an activating group) is 1. The number of piperidine rings is 1. The van der Waals surface area contributed by atoms with Crippen LogP contribution in [0.25, 0.3) is 0 Å². The lowest BCUT2D eigenvalue weighted by atomic mass is 10.0. The summed E-state index contributed by atoms with van der Waals surface area (Å²) in [5.41, 5.74) is 0.786. The summed E-state index contributed by atoms with van der Waals surface area (Å²) < 4.78 is 27.8. The summed E-state index contributed by atoms with van der Waals surface area (Å²) >= 11 is 0. The van der Waals surface area contributed by atoms with Crippen LogP contribution in [0.1, 0.15) is 18.4 Å². The zero-order valence-corrected chi connectivity index (χ0v) is 13.5. The molecular formula is C17H25F2N3. The first-order chi connectivity index (χ1) is 10.6. The molecule has 0 atom stereocenters. The number of anilines is 1. The second-order valence-electron chi connectivity index (χ2n) is 6.59. The van der Waals surface area contributed by atoms with Crippen molar-refractivity contribution in [3.05, 3.63) is 29.3 Å². The molecule has 0 spiro atoms. The van der Waals surface area contributed by atoms with E-state index in [4.69, 9.17) is 0 Å². The molecule has 0 bridgehead atoms. The Morgan fingerprint density at radius 1 is 0.909 bits per heavy atom. The third kappa shape index (κ3) is 3.10. The van der Waals surface area contributed by atoms with Crippen molar-refractivity contribution in [1.29, 1.82) is 0 Å². The summed E-state index contributed by atoms with van der Waals surface area (Å²) in [5, 5.41) is 0. The minimum absolute atomic E-state index is 0.369. The fraction of sp³-hybridized carbons (Fsp3) is 0.647. The van der Waals surface area contributed by atoms with Crippen LogP contribution in [-0.2, 0) is 0 Å². The third-order valence-corrected chi connectivity index (χ3v) is 5.11. The Hall–Kier alpha value is -1.20. The monoisotopic (exact) mass is 309 g/mol. The maximum Gasteiger partial charge on any atom is 0.182 e. The molecule has 3 nitrogen and oxygen atoms in total. The van der Waals surface area contributed by atoms with Crippen LogP contribution in [0.15, 0.2) is 12.1 Å². The van der Waals surface area contributed by atoms with Gasteiger partial charge in [0.2, 0.25) is 0 Å². The van der Waals surface area contributed by atoms with Crippen molar-refractivity contribution < 1.29 is 8.78 Å². The molecule has 2 fully saturated rings. The topological polar surface area (TPSA) is 9.72 Å². The van der Waals surface area contributed by atoms with E-state index in [2.05, 4.69) is 16.8 Å². The van der Waals surface area contributed by atoms with Gasteiger partial charge in [-0.1, -0.05) is 6.07 Å². The Bertz CT molecular complexity index is 519. The maximum absolute atomic E-state index is 14.1. The fourth-order valence-electron chi connectivity index (χ4n) is 3.54. The minimum atomic E-state index is -0.710. The molecule has 2 aliphatic rings. The van der Waals surface area contributed by atoms with Gasteiger partial charge in [-0.3, -0.25) is 4.90 Å². The number of hydrogen-bond acceptors (Lipinski definition) is 3. The standard InChI is InChI=1S/C17H25F2N3/c1-13-3-4-15(17(19)16(13)18)22-7-5-14(6-8-22)21-11-9-20(2)10-12-21/h3-4,14H,5-12H2,1-2H3. The summed E-state index contributed by atoms with van der Waals surface area (Å²) in [5.74, 6) is -1.41. The predicted molar refractivity (Wildman–Crippen MR) is 85.4 cm³/mol. The molecule has 2 aliphatic heterocycles. The normalized spacial score (nSPS) is 22.3. The predicted octanol–water partition coefficient (Wildman–Crippen LogP) is 2.49. The van der Waals surface area contributed by atoms with Gasteiger partial charge in [-0.05, 0) is 38.4 Å². The maximum atomic E-state index is 14.1. The second-order valence-corrected chi connectivity index (χ2v) is 6.59. The summed E-state index contributed by atoms with van der Waals surface area (Å²) in [6.07, 6.45) is 2.05. The summed E-state index contributed by atoms with van der Waals surface area (Å²) in [7, 11) is 2.16. The first kappa shape index (κ1) is 15.7. The highest BCUT2D eigenvalue weighted by Crippen LogP contribution is 2.28. The van der Waals surface area contributed by atoms with Gasteiger partial charge in [0.1, 0.15) is 0 Å². The molecule has 0 saturated carbocycles. The van der Waals surface area contributed by atoms with Crippen LogP contribution >= 0.6 is 0 Å². The van der Waals surface area contributed by atoms with E-state index in [1.807, 2.05) is 4.90 Å². The van der Waals surface area contributed by atoms with Crippen molar-refractivity contribution in [3.8, 4) is 0 Å². The smallest absolute Gasteiger partial charge is 0.182 e. The number of benzene rings is 1. The molecule has 2 saturated heterocycles. The molecule has 0 radical (unpaired) electrons. The fourth-order valence-corrected chi connectivity index (χ4v) is 3.54. The van der Waals surface area contributed by atoms with E-state index in [0.717, 1.165) is 52.1 Å². The van der Waals surface area contributed by atoms with Gasteiger partial charge in [-0.2, -0.15) is 0 Å². The number of rotatable bonds is 2. The molecule has 22 heavy (non-hydrogen) atoms. The molecule has 0 aliphatic carbocycles. The van der Waals surface area contributed by atoms with Gasteiger partial charge in [0.25, 0.3) is 0 Å². The van der Waals surface area contributed by atoms with Gasteiger partial charge in [0, 0.05) is 45.3 Å². The summed E-state index contributed by atoms with van der Waals surface area (Å²) in [6.45, 7) is 7.69. The SMILES string of the molecule is Cc1ccc(N2CCC(N3CCN(C)CC3)CC2)c(F)c1F. The average Bonchev–Trinajstić information content (AvgIpc) is 2.54. The first-order valence-electron chi connectivity index (χ1n) is 8.18. The molecule has 1 aromatic rings. The van der Waals surface area contributed by atoms with Crippen molar-refractivity contribution in [1.82, 2.24) is 9.80 Å². The zero-order chi connectivity index (χ0) is 15.7. The quantitative estimate of drug-likeness (QED) is 0.831. The van der Waals surface area contributed by atoms with E-state index < -0.39 is 11.6 Å². The van der Waals surface area contributed by atoms with E-state index >= 15 is 0 Å². The molecule has 0 amide bonds. The Morgan fingerprint density at radius 2 is 1.55 bits per heavy atom. The van der Waals surface area contributed by atoms with Crippen molar-refractivity contribution in [2.24, 2.45) is 0 Å². The average molecular weight is 309 g/mol. The second kappa shape index (κ2) is 6.50. The van der Waals surface area contributed by atoms with Crippen molar-refractivity contribution in [2.45, 2.75) is 25.8 Å². The Balaban J connectivity index is 1.61. The minimum Gasteiger partial charge on any atom is -0.369 e. The zero-order valence-electron chi connectivity index (χ0n) is 13.5. The lowest BCUT2D eigenvalue weighted by Gasteiger charge is -2.42. The van der Waals surface area contributed by atoms with Crippen LogP contribution in [0.2, 0.25) is 0 Å². The molecular weight excluding hydrogens is 284 g/mol. The number of piperazine rings is 1. The van der Waals surface area contributed by atoms with E-state index in [1.165, 1.54) is 0 Å². The number of aryl methyl sites for hydroxylation is 1. The van der Waals surface area contributed by atoms with Gasteiger partial charge in [0.15, 0.2) is 11.6 Å². The molecule has 2 heterocycles. The van der Waals surface area contributed by atoms with Crippen LogP contribution in [-0.4, -0.2) is 62.2 Å². The first-order valence-corrected chi connectivity index (χ1v) is 8.18. The number of hydrogen-bond donors (Lipinski definition) is 0. The van der Waals surface area contributed by atoms with Crippen LogP contribution < -0.4 is 4.90 Å². The number of nitrogens with zero attached hydrogens (tertiary/aromatic N) is 3. The van der Waals surface area contributed by atoms with Gasteiger partial charge >= 0.3 is 0 Å². The third-order valence-electron chi connectivity index (χ3n) is 5.11. The van der Waals surface area contributed by atoms with Crippen LogP contribution in [0.5, 0.6) is 0 Å². The Morgan fingerprint density at radius 3 is 2.18 bits per heavy atom.